The quantitative estimate of drug-likeness (QED) is 0.851. The summed E-state index contributed by atoms with van der Waals surface area (Å²) >= 11 is 3.40. The molecule has 17 heavy (non-hydrogen) atoms. The van der Waals surface area contributed by atoms with Gasteiger partial charge in [-0.15, -0.1) is 0 Å². The average molecular weight is 306 g/mol. The van der Waals surface area contributed by atoms with E-state index in [1.165, 1.54) is 0 Å². The fourth-order valence-corrected chi connectivity index (χ4v) is 1.36. The summed E-state index contributed by atoms with van der Waals surface area (Å²) < 4.78 is 25.9. The van der Waals surface area contributed by atoms with Crippen LogP contribution in [0.3, 0.4) is 0 Å². The summed E-state index contributed by atoms with van der Waals surface area (Å²) in [5.41, 5.74) is -0.144. The molecule has 0 saturated heterocycles. The van der Waals surface area contributed by atoms with Crippen LogP contribution in [0.4, 0.5) is 8.78 Å². The van der Waals surface area contributed by atoms with E-state index in [1.54, 1.807) is 0 Å². The van der Waals surface area contributed by atoms with Gasteiger partial charge in [-0.2, -0.15) is 0 Å². The highest BCUT2D eigenvalue weighted by Gasteiger charge is 2.15. The summed E-state index contributed by atoms with van der Waals surface area (Å²) in [6, 6.07) is 2.90. The number of hydrogen-bond acceptors (Lipinski definition) is 1. The second-order valence-corrected chi connectivity index (χ2v) is 5.27. The molecule has 5 heteroatoms. The molecule has 1 rings (SSSR count). The van der Waals surface area contributed by atoms with Crippen LogP contribution in [-0.4, -0.2) is 17.3 Å². The number of nitrogens with one attached hydrogen (secondary N) is 1. The Balaban J connectivity index is 2.64. The van der Waals surface area contributed by atoms with Crippen molar-refractivity contribution in [1.82, 2.24) is 5.32 Å². The van der Waals surface area contributed by atoms with Crippen LogP contribution in [-0.2, 0) is 0 Å². The predicted octanol–water partition coefficient (Wildman–Crippen LogP) is 3.11. The first kappa shape index (κ1) is 14.1. The Morgan fingerprint density at radius 3 is 2.59 bits per heavy atom. The second-order valence-electron chi connectivity index (χ2n) is 4.09. The van der Waals surface area contributed by atoms with Crippen molar-refractivity contribution < 1.29 is 13.6 Å². The summed E-state index contributed by atoms with van der Waals surface area (Å²) in [5, 5.41) is 2.59. The van der Waals surface area contributed by atoms with Gasteiger partial charge in [0.05, 0.1) is 5.56 Å². The maximum atomic E-state index is 13.3. The molecule has 1 unspecified atom stereocenters. The second kappa shape index (κ2) is 6.10. The monoisotopic (exact) mass is 305 g/mol. The van der Waals surface area contributed by atoms with Crippen molar-refractivity contribution in [2.75, 3.05) is 6.54 Å². The van der Waals surface area contributed by atoms with Crippen LogP contribution in [0, 0.1) is 17.6 Å². The number of benzene rings is 1. The molecular formula is C12H14BrF2NO. The third-order valence-corrected chi connectivity index (χ3v) is 3.74. The predicted molar refractivity (Wildman–Crippen MR) is 66.2 cm³/mol. The number of hydrogen-bond donors (Lipinski definition) is 1. The molecule has 1 aromatic rings. The highest BCUT2D eigenvalue weighted by atomic mass is 79.9. The van der Waals surface area contributed by atoms with Crippen molar-refractivity contribution in [2.45, 2.75) is 18.7 Å². The maximum absolute atomic E-state index is 13.3. The number of rotatable bonds is 4. The Kier molecular flexibility index (Phi) is 5.05. The Bertz CT molecular complexity index is 409. The standard InChI is InChI=1S/C12H14BrF2NO/c1-7(2)10(13)6-16-12(17)9-4-3-8(14)5-11(9)15/h3-5,7,10H,6H2,1-2H3,(H,16,17). The minimum absolute atomic E-state index is 0.120. The highest BCUT2D eigenvalue weighted by Crippen LogP contribution is 2.12. The zero-order valence-corrected chi connectivity index (χ0v) is 11.2. The van der Waals surface area contributed by atoms with Gasteiger partial charge in [0.25, 0.3) is 5.91 Å². The van der Waals surface area contributed by atoms with Crippen molar-refractivity contribution in [3.05, 3.63) is 35.4 Å². The van der Waals surface area contributed by atoms with E-state index in [1.807, 2.05) is 13.8 Å². The largest absolute Gasteiger partial charge is 0.351 e. The first-order valence-corrected chi connectivity index (χ1v) is 6.20. The topological polar surface area (TPSA) is 29.1 Å². The van der Waals surface area contributed by atoms with Gasteiger partial charge in [-0.25, -0.2) is 8.78 Å². The third kappa shape index (κ3) is 4.07. The highest BCUT2D eigenvalue weighted by molar-refractivity contribution is 9.09. The molecule has 0 bridgehead atoms. The lowest BCUT2D eigenvalue weighted by atomic mass is 10.1. The van der Waals surface area contributed by atoms with E-state index in [9.17, 15) is 13.6 Å². The van der Waals surface area contributed by atoms with Gasteiger partial charge in [0.15, 0.2) is 0 Å². The van der Waals surface area contributed by atoms with Crippen molar-refractivity contribution >= 4 is 21.8 Å². The van der Waals surface area contributed by atoms with Gasteiger partial charge >= 0.3 is 0 Å². The minimum atomic E-state index is -0.849. The molecule has 1 amide bonds. The molecule has 1 atom stereocenters. The summed E-state index contributed by atoms with van der Waals surface area (Å²) in [5.74, 6) is -1.72. The molecule has 0 heterocycles. The van der Waals surface area contributed by atoms with Gasteiger partial charge in [-0.1, -0.05) is 29.8 Å². The van der Waals surface area contributed by atoms with Crippen molar-refractivity contribution in [3.8, 4) is 0 Å². The zero-order valence-electron chi connectivity index (χ0n) is 9.64. The lowest BCUT2D eigenvalue weighted by Crippen LogP contribution is -2.32. The molecule has 0 spiro atoms. The van der Waals surface area contributed by atoms with Crippen LogP contribution in [0.2, 0.25) is 0 Å². The van der Waals surface area contributed by atoms with Crippen LogP contribution >= 0.6 is 15.9 Å². The van der Waals surface area contributed by atoms with E-state index in [0.717, 1.165) is 12.1 Å². The maximum Gasteiger partial charge on any atom is 0.254 e. The molecule has 2 nitrogen and oxygen atoms in total. The van der Waals surface area contributed by atoms with E-state index in [-0.39, 0.29) is 10.4 Å². The normalized spacial score (nSPS) is 12.6. The average Bonchev–Trinajstić information content (AvgIpc) is 2.25. The molecule has 0 aliphatic heterocycles. The molecule has 94 valence electrons. The first-order valence-electron chi connectivity index (χ1n) is 5.29. The lowest BCUT2D eigenvalue weighted by Gasteiger charge is -2.14. The van der Waals surface area contributed by atoms with Gasteiger partial charge in [-0.05, 0) is 18.1 Å². The van der Waals surface area contributed by atoms with Gasteiger partial charge < -0.3 is 5.32 Å². The molecule has 0 radical (unpaired) electrons. The summed E-state index contributed by atoms with van der Waals surface area (Å²) in [7, 11) is 0. The van der Waals surface area contributed by atoms with Crippen LogP contribution in [0.1, 0.15) is 24.2 Å². The van der Waals surface area contributed by atoms with Crippen molar-refractivity contribution in [2.24, 2.45) is 5.92 Å². The fourth-order valence-electron chi connectivity index (χ4n) is 1.19. The fraction of sp³-hybridized carbons (Fsp3) is 0.417. The number of carbonyl (C=O) groups excluding carboxylic acids is 1. The smallest absolute Gasteiger partial charge is 0.254 e. The van der Waals surface area contributed by atoms with Crippen LogP contribution in [0.25, 0.3) is 0 Å². The Labute approximate surface area is 108 Å². The van der Waals surface area contributed by atoms with Crippen LogP contribution in [0.15, 0.2) is 18.2 Å². The van der Waals surface area contributed by atoms with Gasteiger partial charge in [-0.3, -0.25) is 4.79 Å². The SMILES string of the molecule is CC(C)C(Br)CNC(=O)c1ccc(F)cc1F. The van der Waals surface area contributed by atoms with E-state index < -0.39 is 17.5 Å². The Hall–Kier alpha value is -0.970. The summed E-state index contributed by atoms with van der Waals surface area (Å²) in [6.45, 7) is 4.40. The minimum Gasteiger partial charge on any atom is -0.351 e. The summed E-state index contributed by atoms with van der Waals surface area (Å²) in [6.07, 6.45) is 0. The van der Waals surface area contributed by atoms with Gasteiger partial charge in [0, 0.05) is 17.4 Å². The Morgan fingerprint density at radius 2 is 2.06 bits per heavy atom. The molecule has 0 aromatic heterocycles. The molecule has 0 aliphatic carbocycles. The number of halogens is 3. The molecule has 0 aliphatic rings. The van der Waals surface area contributed by atoms with Crippen molar-refractivity contribution in [1.29, 1.82) is 0 Å². The molecular weight excluding hydrogens is 292 g/mol. The van der Waals surface area contributed by atoms with Crippen LogP contribution in [0.5, 0.6) is 0 Å². The third-order valence-electron chi connectivity index (χ3n) is 2.36. The molecule has 1 aromatic carbocycles. The van der Waals surface area contributed by atoms with E-state index >= 15 is 0 Å². The zero-order chi connectivity index (χ0) is 13.0. The first-order chi connectivity index (χ1) is 7.91. The summed E-state index contributed by atoms with van der Waals surface area (Å²) in [4.78, 5) is 11.7. The molecule has 0 saturated carbocycles. The molecule has 0 fully saturated rings. The van der Waals surface area contributed by atoms with E-state index in [2.05, 4.69) is 21.2 Å². The lowest BCUT2D eigenvalue weighted by molar-refractivity contribution is 0.0949. The number of carbonyl (C=O) groups is 1. The van der Waals surface area contributed by atoms with E-state index in [4.69, 9.17) is 0 Å². The van der Waals surface area contributed by atoms with Gasteiger partial charge in [0.1, 0.15) is 11.6 Å². The number of alkyl halides is 1. The van der Waals surface area contributed by atoms with E-state index in [0.29, 0.717) is 18.5 Å². The van der Waals surface area contributed by atoms with Crippen LogP contribution < -0.4 is 5.32 Å². The number of amides is 1. The van der Waals surface area contributed by atoms with Gasteiger partial charge in [0.2, 0.25) is 0 Å². The Morgan fingerprint density at radius 1 is 1.41 bits per heavy atom. The van der Waals surface area contributed by atoms with Crippen molar-refractivity contribution in [3.63, 3.8) is 0 Å². The molecule has 1 N–H and O–H groups in total.